The van der Waals surface area contributed by atoms with Crippen LogP contribution in [0.5, 0.6) is 5.75 Å². The van der Waals surface area contributed by atoms with E-state index >= 15 is 0 Å². The van der Waals surface area contributed by atoms with Gasteiger partial charge < -0.3 is 16.2 Å². The molecule has 0 bridgehead atoms. The van der Waals surface area contributed by atoms with E-state index in [1.165, 1.54) is 25.3 Å². The number of ether oxygens (including phenoxy) is 1. The van der Waals surface area contributed by atoms with Gasteiger partial charge in [0.1, 0.15) is 11.4 Å². The van der Waals surface area contributed by atoms with Gasteiger partial charge in [0.15, 0.2) is 0 Å². The minimum atomic E-state index is -0.639. The molecule has 1 aromatic heterocycles. The van der Waals surface area contributed by atoms with E-state index in [1.807, 2.05) is 24.3 Å². The Morgan fingerprint density at radius 3 is 2.62 bits per heavy atom. The molecule has 0 aliphatic carbocycles. The van der Waals surface area contributed by atoms with Crippen molar-refractivity contribution in [3.05, 3.63) is 36.0 Å². The van der Waals surface area contributed by atoms with Gasteiger partial charge in [0, 0.05) is 5.56 Å². The van der Waals surface area contributed by atoms with E-state index in [-0.39, 0.29) is 11.6 Å². The minimum absolute atomic E-state index is 0.00988. The summed E-state index contributed by atoms with van der Waals surface area (Å²) in [5, 5.41) is 0. The Bertz CT molecular complexity index is 688. The standard InChI is InChI=1S/C18H24N4O2/c1-2-3-4-5-8-11-24-16-10-7-6-9-13(16)14-12-15(17(19)23)22-18(20)21-14/h6-7,9-10,12H,2-5,8,11H2,1H3,(H2,19,23)(H2,20,21,22). The molecule has 0 unspecified atom stereocenters. The number of nitrogens with two attached hydrogens (primary N) is 2. The summed E-state index contributed by atoms with van der Waals surface area (Å²) in [7, 11) is 0. The lowest BCUT2D eigenvalue weighted by molar-refractivity contribution is 0.0995. The maximum Gasteiger partial charge on any atom is 0.267 e. The van der Waals surface area contributed by atoms with Crippen LogP contribution in [0.25, 0.3) is 11.3 Å². The molecule has 0 atom stereocenters. The highest BCUT2D eigenvalue weighted by Crippen LogP contribution is 2.29. The Balaban J connectivity index is 2.12. The number of primary amides is 1. The van der Waals surface area contributed by atoms with Gasteiger partial charge in [0.25, 0.3) is 5.91 Å². The molecule has 24 heavy (non-hydrogen) atoms. The van der Waals surface area contributed by atoms with Crippen LogP contribution in [0, 0.1) is 0 Å². The van der Waals surface area contributed by atoms with E-state index in [0.29, 0.717) is 18.1 Å². The van der Waals surface area contributed by atoms with Gasteiger partial charge in [-0.05, 0) is 24.6 Å². The van der Waals surface area contributed by atoms with Crippen molar-refractivity contribution in [1.82, 2.24) is 9.97 Å². The quantitative estimate of drug-likeness (QED) is 0.688. The van der Waals surface area contributed by atoms with Crippen LogP contribution in [0.15, 0.2) is 30.3 Å². The zero-order chi connectivity index (χ0) is 17.4. The van der Waals surface area contributed by atoms with Crippen molar-refractivity contribution in [1.29, 1.82) is 0 Å². The summed E-state index contributed by atoms with van der Waals surface area (Å²) in [6.45, 7) is 2.84. The second kappa shape index (κ2) is 8.86. The Morgan fingerprint density at radius 2 is 1.88 bits per heavy atom. The Morgan fingerprint density at radius 1 is 1.12 bits per heavy atom. The maximum atomic E-state index is 11.4. The third-order valence-corrected chi connectivity index (χ3v) is 3.66. The molecule has 2 rings (SSSR count). The Kier molecular flexibility index (Phi) is 6.54. The van der Waals surface area contributed by atoms with Crippen LogP contribution in [0.1, 0.15) is 49.5 Å². The van der Waals surface area contributed by atoms with Crippen molar-refractivity contribution in [3.8, 4) is 17.0 Å². The molecule has 0 saturated heterocycles. The van der Waals surface area contributed by atoms with Crippen molar-refractivity contribution in [2.45, 2.75) is 39.0 Å². The number of carbonyl (C=O) groups is 1. The number of hydrogen-bond acceptors (Lipinski definition) is 5. The summed E-state index contributed by atoms with van der Waals surface area (Å²) in [6.07, 6.45) is 5.87. The van der Waals surface area contributed by atoms with Gasteiger partial charge in [-0.3, -0.25) is 4.79 Å². The van der Waals surface area contributed by atoms with Crippen LogP contribution >= 0.6 is 0 Å². The first kappa shape index (κ1) is 17.7. The summed E-state index contributed by atoms with van der Waals surface area (Å²) >= 11 is 0. The minimum Gasteiger partial charge on any atom is -0.493 e. The molecule has 0 aliphatic heterocycles. The molecule has 6 heteroatoms. The number of para-hydroxylation sites is 1. The molecular formula is C18H24N4O2. The summed E-state index contributed by atoms with van der Waals surface area (Å²) in [5.41, 5.74) is 12.4. The first-order valence-electron chi connectivity index (χ1n) is 8.28. The van der Waals surface area contributed by atoms with Crippen molar-refractivity contribution < 1.29 is 9.53 Å². The first-order chi connectivity index (χ1) is 11.6. The first-order valence-corrected chi connectivity index (χ1v) is 8.28. The number of unbranched alkanes of at least 4 members (excludes halogenated alkanes) is 4. The van der Waals surface area contributed by atoms with Crippen LogP contribution in [0.2, 0.25) is 0 Å². The molecule has 1 heterocycles. The molecule has 0 saturated carbocycles. The zero-order valence-corrected chi connectivity index (χ0v) is 14.0. The number of hydrogen-bond donors (Lipinski definition) is 2. The second-order valence-electron chi connectivity index (χ2n) is 5.62. The molecule has 6 nitrogen and oxygen atoms in total. The van der Waals surface area contributed by atoms with Crippen LogP contribution < -0.4 is 16.2 Å². The third kappa shape index (κ3) is 4.94. The summed E-state index contributed by atoms with van der Waals surface area (Å²) in [6, 6.07) is 9.06. The molecule has 0 aliphatic rings. The van der Waals surface area contributed by atoms with Crippen molar-refractivity contribution in [2.24, 2.45) is 5.73 Å². The van der Waals surface area contributed by atoms with Crippen molar-refractivity contribution >= 4 is 11.9 Å². The molecule has 128 valence electrons. The summed E-state index contributed by atoms with van der Waals surface area (Å²) in [5.74, 6) is 0.0804. The number of rotatable bonds is 9. The molecule has 4 N–H and O–H groups in total. The average Bonchev–Trinajstić information content (AvgIpc) is 2.57. The smallest absolute Gasteiger partial charge is 0.267 e. The summed E-state index contributed by atoms with van der Waals surface area (Å²) < 4.78 is 5.89. The van der Waals surface area contributed by atoms with Crippen LogP contribution in [0.4, 0.5) is 5.95 Å². The van der Waals surface area contributed by atoms with E-state index in [1.54, 1.807) is 0 Å². The van der Waals surface area contributed by atoms with E-state index in [0.717, 1.165) is 18.4 Å². The third-order valence-electron chi connectivity index (χ3n) is 3.66. The van der Waals surface area contributed by atoms with Crippen molar-refractivity contribution in [3.63, 3.8) is 0 Å². The predicted molar refractivity (Wildman–Crippen MR) is 94.7 cm³/mol. The van der Waals surface area contributed by atoms with Gasteiger partial charge in [0.2, 0.25) is 5.95 Å². The zero-order valence-electron chi connectivity index (χ0n) is 14.0. The molecule has 2 aromatic rings. The van der Waals surface area contributed by atoms with Gasteiger partial charge >= 0.3 is 0 Å². The highest BCUT2D eigenvalue weighted by Gasteiger charge is 2.12. The highest BCUT2D eigenvalue weighted by atomic mass is 16.5. The highest BCUT2D eigenvalue weighted by molar-refractivity contribution is 5.92. The predicted octanol–water partition coefficient (Wildman–Crippen LogP) is 3.17. The lowest BCUT2D eigenvalue weighted by Crippen LogP contribution is -2.15. The van der Waals surface area contributed by atoms with Gasteiger partial charge in [-0.2, -0.15) is 0 Å². The van der Waals surface area contributed by atoms with Crippen LogP contribution in [0.3, 0.4) is 0 Å². The lowest BCUT2D eigenvalue weighted by Gasteiger charge is -2.12. The van der Waals surface area contributed by atoms with Gasteiger partial charge in [0.05, 0.1) is 12.3 Å². The molecule has 0 spiro atoms. The fourth-order valence-corrected chi connectivity index (χ4v) is 2.42. The second-order valence-corrected chi connectivity index (χ2v) is 5.62. The SMILES string of the molecule is CCCCCCCOc1ccccc1-c1cc(C(N)=O)nc(N)n1. The number of carbonyl (C=O) groups excluding carboxylic acids is 1. The van der Waals surface area contributed by atoms with Gasteiger partial charge in [-0.1, -0.05) is 44.7 Å². The normalized spacial score (nSPS) is 10.5. The Hall–Kier alpha value is -2.63. The Labute approximate surface area is 142 Å². The fraction of sp³-hybridized carbons (Fsp3) is 0.389. The fourth-order valence-electron chi connectivity index (χ4n) is 2.42. The molecule has 0 fully saturated rings. The van der Waals surface area contributed by atoms with E-state index in [4.69, 9.17) is 16.2 Å². The number of aromatic nitrogens is 2. The monoisotopic (exact) mass is 328 g/mol. The van der Waals surface area contributed by atoms with Crippen molar-refractivity contribution in [2.75, 3.05) is 12.3 Å². The number of benzene rings is 1. The van der Waals surface area contributed by atoms with E-state index < -0.39 is 5.91 Å². The largest absolute Gasteiger partial charge is 0.493 e. The van der Waals surface area contributed by atoms with Crippen LogP contribution in [-0.2, 0) is 0 Å². The maximum absolute atomic E-state index is 11.4. The molecular weight excluding hydrogens is 304 g/mol. The molecule has 1 aromatic carbocycles. The summed E-state index contributed by atoms with van der Waals surface area (Å²) in [4.78, 5) is 19.4. The van der Waals surface area contributed by atoms with Crippen LogP contribution in [-0.4, -0.2) is 22.5 Å². The molecule has 0 radical (unpaired) electrons. The van der Waals surface area contributed by atoms with E-state index in [2.05, 4.69) is 16.9 Å². The number of nitrogens with zero attached hydrogens (tertiary/aromatic N) is 2. The molecule has 1 amide bonds. The average molecular weight is 328 g/mol. The number of nitrogen functional groups attached to an aromatic ring is 1. The number of amides is 1. The van der Waals surface area contributed by atoms with E-state index in [9.17, 15) is 4.79 Å². The number of anilines is 1. The van der Waals surface area contributed by atoms with Gasteiger partial charge in [-0.15, -0.1) is 0 Å². The van der Waals surface area contributed by atoms with Gasteiger partial charge in [-0.25, -0.2) is 9.97 Å². The lowest BCUT2D eigenvalue weighted by atomic mass is 10.1. The topological polar surface area (TPSA) is 104 Å².